The molecule has 0 fully saturated rings. The third kappa shape index (κ3) is 2.79. The Morgan fingerprint density at radius 2 is 1.71 bits per heavy atom. The van der Waals surface area contributed by atoms with Crippen molar-refractivity contribution in [1.29, 1.82) is 0 Å². The monoisotopic (exact) mass is 369 g/mol. The second-order valence-corrected chi connectivity index (χ2v) is 6.86. The van der Waals surface area contributed by atoms with Gasteiger partial charge in [-0.2, -0.15) is 4.68 Å². The molecule has 5 rings (SSSR count). The Morgan fingerprint density at radius 3 is 2.54 bits per heavy atom. The number of nitrogens with zero attached hydrogens (tertiary/aromatic N) is 4. The molecular weight excluding hydrogens is 350 g/mol. The summed E-state index contributed by atoms with van der Waals surface area (Å²) in [6.45, 7) is 0. The van der Waals surface area contributed by atoms with E-state index in [1.807, 2.05) is 71.6 Å². The maximum Gasteiger partial charge on any atom is 0.276 e. The highest BCUT2D eigenvalue weighted by molar-refractivity contribution is 5.95. The van der Waals surface area contributed by atoms with Gasteiger partial charge in [-0.15, -0.1) is 5.10 Å². The standard InChI is InChI=1S/C22H19N5O/c28-21(23-19-13-12-16-8-4-5-11-18(16)19)20-22(26-14-6-7-15-26)27(25-24-20)17-9-2-1-3-10-17/h1-11,14-15,19H,12-13H2,(H,23,28). The third-order valence-corrected chi connectivity index (χ3v) is 5.15. The van der Waals surface area contributed by atoms with Gasteiger partial charge in [0.2, 0.25) is 0 Å². The Kier molecular flexibility index (Phi) is 4.01. The lowest BCUT2D eigenvalue weighted by atomic mass is 10.1. The fourth-order valence-electron chi connectivity index (χ4n) is 3.81. The van der Waals surface area contributed by atoms with Crippen LogP contribution in [-0.2, 0) is 6.42 Å². The highest BCUT2D eigenvalue weighted by Crippen LogP contribution is 2.31. The van der Waals surface area contributed by atoms with Crippen LogP contribution in [0.2, 0.25) is 0 Å². The maximum atomic E-state index is 13.1. The smallest absolute Gasteiger partial charge is 0.276 e. The molecule has 4 aromatic rings. The van der Waals surface area contributed by atoms with Crippen LogP contribution in [0.4, 0.5) is 0 Å². The molecule has 2 heterocycles. The normalized spacial score (nSPS) is 15.4. The molecule has 138 valence electrons. The van der Waals surface area contributed by atoms with Crippen LogP contribution < -0.4 is 5.32 Å². The molecule has 0 radical (unpaired) electrons. The zero-order chi connectivity index (χ0) is 18.9. The van der Waals surface area contributed by atoms with Crippen LogP contribution in [0.1, 0.15) is 34.1 Å². The molecule has 6 heteroatoms. The Morgan fingerprint density at radius 1 is 0.964 bits per heavy atom. The maximum absolute atomic E-state index is 13.1. The second-order valence-electron chi connectivity index (χ2n) is 6.86. The van der Waals surface area contributed by atoms with Crippen molar-refractivity contribution in [1.82, 2.24) is 24.9 Å². The fourth-order valence-corrected chi connectivity index (χ4v) is 3.81. The van der Waals surface area contributed by atoms with Crippen LogP contribution in [0.3, 0.4) is 0 Å². The zero-order valence-corrected chi connectivity index (χ0v) is 15.2. The van der Waals surface area contributed by atoms with Gasteiger partial charge in [-0.3, -0.25) is 4.79 Å². The highest BCUT2D eigenvalue weighted by Gasteiger charge is 2.27. The van der Waals surface area contributed by atoms with E-state index >= 15 is 0 Å². The van der Waals surface area contributed by atoms with Crippen molar-refractivity contribution in [3.63, 3.8) is 0 Å². The number of carbonyl (C=O) groups excluding carboxylic acids is 1. The molecule has 6 nitrogen and oxygen atoms in total. The number of para-hydroxylation sites is 1. The van der Waals surface area contributed by atoms with Crippen LogP contribution in [-0.4, -0.2) is 25.5 Å². The summed E-state index contributed by atoms with van der Waals surface area (Å²) in [6, 6.07) is 21.8. The topological polar surface area (TPSA) is 64.7 Å². The van der Waals surface area contributed by atoms with Gasteiger partial charge >= 0.3 is 0 Å². The Hall–Kier alpha value is -3.67. The average molecular weight is 369 g/mol. The van der Waals surface area contributed by atoms with Gasteiger partial charge in [0.15, 0.2) is 11.5 Å². The number of carbonyl (C=O) groups is 1. The van der Waals surface area contributed by atoms with E-state index in [9.17, 15) is 4.79 Å². The van der Waals surface area contributed by atoms with Gasteiger partial charge in [0.25, 0.3) is 5.91 Å². The summed E-state index contributed by atoms with van der Waals surface area (Å²) in [5.41, 5.74) is 3.65. The minimum absolute atomic E-state index is 0.00286. The third-order valence-electron chi connectivity index (χ3n) is 5.15. The number of hydrogen-bond acceptors (Lipinski definition) is 3. The Labute approximate surface area is 162 Å². The van der Waals surface area contributed by atoms with E-state index in [-0.39, 0.29) is 11.9 Å². The van der Waals surface area contributed by atoms with Gasteiger partial charge < -0.3 is 9.88 Å². The van der Waals surface area contributed by atoms with Crippen LogP contribution in [0.5, 0.6) is 0 Å². The van der Waals surface area contributed by atoms with E-state index in [0.717, 1.165) is 18.5 Å². The Bertz CT molecular complexity index is 1120. The molecule has 2 aromatic carbocycles. The summed E-state index contributed by atoms with van der Waals surface area (Å²) in [5, 5.41) is 11.6. The van der Waals surface area contributed by atoms with Crippen molar-refractivity contribution in [2.75, 3.05) is 0 Å². The van der Waals surface area contributed by atoms with E-state index in [4.69, 9.17) is 0 Å². The van der Waals surface area contributed by atoms with E-state index in [1.165, 1.54) is 11.1 Å². The SMILES string of the molecule is O=C(NC1CCc2ccccc21)c1nnn(-c2ccccc2)c1-n1cccc1. The van der Waals surface area contributed by atoms with E-state index in [0.29, 0.717) is 11.5 Å². The van der Waals surface area contributed by atoms with Crippen molar-refractivity contribution in [3.8, 4) is 11.5 Å². The van der Waals surface area contributed by atoms with Gasteiger partial charge in [0.05, 0.1) is 11.7 Å². The number of nitrogens with one attached hydrogen (secondary N) is 1. The molecule has 2 aromatic heterocycles. The summed E-state index contributed by atoms with van der Waals surface area (Å²) in [5.74, 6) is 0.410. The van der Waals surface area contributed by atoms with Gasteiger partial charge in [-0.1, -0.05) is 47.7 Å². The first-order valence-corrected chi connectivity index (χ1v) is 9.34. The van der Waals surface area contributed by atoms with E-state index in [1.54, 1.807) is 4.68 Å². The molecular formula is C22H19N5O. The largest absolute Gasteiger partial charge is 0.344 e. The fraction of sp³-hybridized carbons (Fsp3) is 0.136. The minimum atomic E-state index is -0.215. The molecule has 28 heavy (non-hydrogen) atoms. The summed E-state index contributed by atoms with van der Waals surface area (Å²) in [6.07, 6.45) is 5.65. The molecule has 1 N–H and O–H groups in total. The lowest BCUT2D eigenvalue weighted by molar-refractivity contribution is 0.0931. The van der Waals surface area contributed by atoms with Gasteiger partial charge in [0.1, 0.15) is 0 Å². The van der Waals surface area contributed by atoms with Crippen LogP contribution in [0, 0.1) is 0 Å². The molecule has 1 aliphatic rings. The molecule has 1 aliphatic carbocycles. The average Bonchev–Trinajstić information content (AvgIpc) is 3.48. The van der Waals surface area contributed by atoms with Gasteiger partial charge in [-0.05, 0) is 48.2 Å². The first-order valence-electron chi connectivity index (χ1n) is 9.34. The zero-order valence-electron chi connectivity index (χ0n) is 15.2. The van der Waals surface area contributed by atoms with Crippen molar-refractivity contribution in [2.45, 2.75) is 18.9 Å². The lowest BCUT2D eigenvalue weighted by Gasteiger charge is -2.14. The first-order chi connectivity index (χ1) is 13.8. The number of fused-ring (bicyclic) bond motifs is 1. The number of hydrogen-bond donors (Lipinski definition) is 1. The van der Waals surface area contributed by atoms with E-state index in [2.05, 4.69) is 27.8 Å². The van der Waals surface area contributed by atoms with Crippen molar-refractivity contribution in [3.05, 3.63) is 95.9 Å². The van der Waals surface area contributed by atoms with Crippen molar-refractivity contribution >= 4 is 5.91 Å². The van der Waals surface area contributed by atoms with Crippen molar-refractivity contribution < 1.29 is 4.79 Å². The predicted octanol–water partition coefficient (Wildman–Crippen LogP) is 3.48. The predicted molar refractivity (Wildman–Crippen MR) is 106 cm³/mol. The minimum Gasteiger partial charge on any atom is -0.344 e. The number of aryl methyl sites for hydroxylation is 1. The summed E-state index contributed by atoms with van der Waals surface area (Å²) in [7, 11) is 0. The quantitative estimate of drug-likeness (QED) is 0.599. The van der Waals surface area contributed by atoms with Crippen LogP contribution in [0.15, 0.2) is 79.1 Å². The molecule has 0 saturated carbocycles. The molecule has 0 spiro atoms. The van der Waals surface area contributed by atoms with E-state index < -0.39 is 0 Å². The molecule has 1 atom stereocenters. The van der Waals surface area contributed by atoms with Crippen molar-refractivity contribution in [2.24, 2.45) is 0 Å². The van der Waals surface area contributed by atoms with Gasteiger partial charge in [-0.25, -0.2) is 0 Å². The number of amides is 1. The number of benzene rings is 2. The number of rotatable bonds is 4. The first kappa shape index (κ1) is 16.5. The lowest BCUT2D eigenvalue weighted by Crippen LogP contribution is -2.28. The highest BCUT2D eigenvalue weighted by atomic mass is 16.2. The van der Waals surface area contributed by atoms with Crippen LogP contribution >= 0.6 is 0 Å². The van der Waals surface area contributed by atoms with Gasteiger partial charge in [0, 0.05) is 12.4 Å². The number of aromatic nitrogens is 4. The molecule has 0 bridgehead atoms. The molecule has 1 unspecified atom stereocenters. The summed E-state index contributed by atoms with van der Waals surface area (Å²) in [4.78, 5) is 13.1. The second kappa shape index (κ2) is 6.81. The summed E-state index contributed by atoms with van der Waals surface area (Å²) < 4.78 is 3.56. The van der Waals surface area contributed by atoms with Crippen LogP contribution in [0.25, 0.3) is 11.5 Å². The summed E-state index contributed by atoms with van der Waals surface area (Å²) >= 11 is 0. The molecule has 0 saturated heterocycles. The molecule has 0 aliphatic heterocycles. The Balaban J connectivity index is 1.52. The molecule has 1 amide bonds.